The van der Waals surface area contributed by atoms with Gasteiger partial charge in [0.05, 0.1) is 17.6 Å². The van der Waals surface area contributed by atoms with E-state index in [-0.39, 0.29) is 5.91 Å². The van der Waals surface area contributed by atoms with Gasteiger partial charge >= 0.3 is 0 Å². The highest BCUT2D eigenvalue weighted by Gasteiger charge is 2.13. The number of amides is 1. The van der Waals surface area contributed by atoms with Crippen LogP contribution in [-0.2, 0) is 16.1 Å². The molecular weight excluding hydrogens is 292 g/mol. The maximum Gasteiger partial charge on any atom is 0.234 e. The Balaban J connectivity index is 1.94. The Morgan fingerprint density at radius 1 is 1.48 bits per heavy atom. The number of rotatable bonds is 8. The summed E-state index contributed by atoms with van der Waals surface area (Å²) in [4.78, 5) is 13.8. The number of ether oxygens (including phenoxy) is 1. The molecule has 0 spiro atoms. The quantitative estimate of drug-likeness (QED) is 0.748. The molecular formula is C17H22N4O2. The number of nitrogens with one attached hydrogen (secondary N) is 1. The molecule has 1 N–H and O–H groups in total. The molecule has 2 rings (SSSR count). The molecule has 1 amide bonds. The van der Waals surface area contributed by atoms with Crippen LogP contribution in [0.4, 0.5) is 0 Å². The average Bonchev–Trinajstić information content (AvgIpc) is 2.88. The van der Waals surface area contributed by atoms with E-state index >= 15 is 0 Å². The molecule has 0 fully saturated rings. The fraction of sp³-hybridized carbons (Fsp3) is 0.412. The topological polar surface area (TPSA) is 69.8 Å². The normalized spacial score (nSPS) is 10.9. The highest BCUT2D eigenvalue weighted by Crippen LogP contribution is 2.18. The highest BCUT2D eigenvalue weighted by atomic mass is 16.5. The van der Waals surface area contributed by atoms with Gasteiger partial charge in [-0.15, -0.1) is 0 Å². The van der Waals surface area contributed by atoms with Gasteiger partial charge in [-0.1, -0.05) is 6.07 Å². The van der Waals surface area contributed by atoms with E-state index in [0.717, 1.165) is 17.5 Å². The van der Waals surface area contributed by atoms with Crippen LogP contribution in [0.15, 0.2) is 30.6 Å². The number of methoxy groups -OCH3 is 1. The molecule has 0 aliphatic heterocycles. The van der Waals surface area contributed by atoms with Crippen molar-refractivity contribution in [3.8, 4) is 6.07 Å². The first-order valence-electron chi connectivity index (χ1n) is 7.58. The summed E-state index contributed by atoms with van der Waals surface area (Å²) in [6, 6.07) is 8.02. The van der Waals surface area contributed by atoms with Gasteiger partial charge in [0.15, 0.2) is 0 Å². The van der Waals surface area contributed by atoms with Crippen LogP contribution >= 0.6 is 0 Å². The summed E-state index contributed by atoms with van der Waals surface area (Å²) in [5, 5.41) is 12.3. The molecule has 0 saturated carbocycles. The number of pyridine rings is 1. The Morgan fingerprint density at radius 2 is 2.30 bits per heavy atom. The minimum absolute atomic E-state index is 0.0223. The lowest BCUT2D eigenvalue weighted by Gasteiger charge is -2.15. The molecule has 2 heterocycles. The summed E-state index contributed by atoms with van der Waals surface area (Å²) >= 11 is 0. The summed E-state index contributed by atoms with van der Waals surface area (Å²) in [6.07, 6.45) is 4.67. The van der Waals surface area contributed by atoms with Crippen molar-refractivity contribution in [2.24, 2.45) is 0 Å². The van der Waals surface area contributed by atoms with E-state index in [4.69, 9.17) is 4.74 Å². The number of nitriles is 1. The van der Waals surface area contributed by atoms with Gasteiger partial charge < -0.3 is 14.5 Å². The Kier molecular flexibility index (Phi) is 6.15. The number of likely N-dealkylation sites (N-methyl/N-ethyl adjacent to an activating group) is 1. The molecule has 0 radical (unpaired) electrons. The van der Waals surface area contributed by atoms with Crippen LogP contribution in [0.3, 0.4) is 0 Å². The third-order valence-corrected chi connectivity index (χ3v) is 3.58. The molecule has 23 heavy (non-hydrogen) atoms. The molecule has 2 aromatic heterocycles. The van der Waals surface area contributed by atoms with Crippen LogP contribution in [-0.4, -0.2) is 49.1 Å². The SMILES string of the molecule is COCCCNC(=O)CN(C)Cc1cn2ccccc2c1C#N. The van der Waals surface area contributed by atoms with Gasteiger partial charge in [0.2, 0.25) is 5.91 Å². The Morgan fingerprint density at radius 3 is 3.04 bits per heavy atom. The lowest BCUT2D eigenvalue weighted by molar-refractivity contribution is -0.122. The van der Waals surface area contributed by atoms with Gasteiger partial charge in [-0.25, -0.2) is 0 Å². The van der Waals surface area contributed by atoms with E-state index in [2.05, 4.69) is 11.4 Å². The average molecular weight is 314 g/mol. The number of hydrogen-bond donors (Lipinski definition) is 1. The fourth-order valence-corrected chi connectivity index (χ4v) is 2.52. The van der Waals surface area contributed by atoms with E-state index in [9.17, 15) is 10.1 Å². The van der Waals surface area contributed by atoms with Gasteiger partial charge in [-0.3, -0.25) is 9.69 Å². The van der Waals surface area contributed by atoms with E-state index in [1.165, 1.54) is 0 Å². The minimum Gasteiger partial charge on any atom is -0.385 e. The molecule has 0 saturated heterocycles. The zero-order chi connectivity index (χ0) is 16.7. The second-order valence-corrected chi connectivity index (χ2v) is 5.50. The van der Waals surface area contributed by atoms with Crippen molar-refractivity contribution in [2.45, 2.75) is 13.0 Å². The monoisotopic (exact) mass is 314 g/mol. The Hall–Kier alpha value is -2.36. The van der Waals surface area contributed by atoms with Crippen LogP contribution in [0.25, 0.3) is 5.52 Å². The van der Waals surface area contributed by atoms with Gasteiger partial charge in [0.25, 0.3) is 0 Å². The third kappa shape index (κ3) is 4.55. The number of hydrogen-bond acceptors (Lipinski definition) is 4. The zero-order valence-electron chi connectivity index (χ0n) is 13.6. The third-order valence-electron chi connectivity index (χ3n) is 3.58. The van der Waals surface area contributed by atoms with Gasteiger partial charge in [0.1, 0.15) is 6.07 Å². The number of carbonyl (C=O) groups is 1. The number of carbonyl (C=O) groups excluding carboxylic acids is 1. The first-order valence-corrected chi connectivity index (χ1v) is 7.58. The summed E-state index contributed by atoms with van der Waals surface area (Å²) in [7, 11) is 3.52. The molecule has 6 nitrogen and oxygen atoms in total. The summed E-state index contributed by atoms with van der Waals surface area (Å²) in [5.41, 5.74) is 2.48. The smallest absolute Gasteiger partial charge is 0.234 e. The number of fused-ring (bicyclic) bond motifs is 1. The molecule has 0 atom stereocenters. The van der Waals surface area contributed by atoms with E-state index in [1.807, 2.05) is 46.9 Å². The Labute approximate surface area is 136 Å². The van der Waals surface area contributed by atoms with Crippen molar-refractivity contribution in [1.82, 2.24) is 14.6 Å². The summed E-state index contributed by atoms with van der Waals surface area (Å²) in [6.45, 7) is 2.10. The van der Waals surface area contributed by atoms with Crippen molar-refractivity contribution < 1.29 is 9.53 Å². The maximum absolute atomic E-state index is 11.9. The zero-order valence-corrected chi connectivity index (χ0v) is 13.6. The van der Waals surface area contributed by atoms with Gasteiger partial charge in [-0.2, -0.15) is 5.26 Å². The molecule has 6 heteroatoms. The van der Waals surface area contributed by atoms with Crippen LogP contribution < -0.4 is 5.32 Å². The molecule has 0 bridgehead atoms. The maximum atomic E-state index is 11.9. The van der Waals surface area contributed by atoms with E-state index in [0.29, 0.717) is 31.8 Å². The lowest BCUT2D eigenvalue weighted by Crippen LogP contribution is -2.35. The van der Waals surface area contributed by atoms with Crippen molar-refractivity contribution in [1.29, 1.82) is 5.26 Å². The molecule has 0 aliphatic rings. The van der Waals surface area contributed by atoms with Crippen molar-refractivity contribution >= 4 is 11.4 Å². The van der Waals surface area contributed by atoms with Crippen molar-refractivity contribution in [2.75, 3.05) is 33.9 Å². The van der Waals surface area contributed by atoms with Crippen molar-refractivity contribution in [3.05, 3.63) is 41.7 Å². The van der Waals surface area contributed by atoms with E-state index < -0.39 is 0 Å². The minimum atomic E-state index is -0.0223. The van der Waals surface area contributed by atoms with Crippen molar-refractivity contribution in [3.63, 3.8) is 0 Å². The predicted molar refractivity (Wildman–Crippen MR) is 87.9 cm³/mol. The van der Waals surface area contributed by atoms with Crippen LogP contribution in [0.1, 0.15) is 17.5 Å². The van der Waals surface area contributed by atoms with Crippen LogP contribution in [0.5, 0.6) is 0 Å². The largest absolute Gasteiger partial charge is 0.385 e. The first kappa shape index (κ1) is 17.0. The second kappa shape index (κ2) is 8.32. The standard InChI is InChI=1S/C17H22N4O2/c1-20(13-17(22)19-7-5-9-23-2)11-14-12-21-8-4-3-6-16(21)15(14)10-18/h3-4,6,8,12H,5,7,9,11,13H2,1-2H3,(H,19,22). The number of aromatic nitrogens is 1. The molecule has 0 unspecified atom stereocenters. The Bertz CT molecular complexity index is 702. The molecule has 122 valence electrons. The van der Waals surface area contributed by atoms with Gasteiger partial charge in [0, 0.05) is 44.8 Å². The molecule has 0 aliphatic carbocycles. The lowest BCUT2D eigenvalue weighted by atomic mass is 10.1. The van der Waals surface area contributed by atoms with Gasteiger partial charge in [-0.05, 0) is 25.6 Å². The highest BCUT2D eigenvalue weighted by molar-refractivity contribution is 5.78. The second-order valence-electron chi connectivity index (χ2n) is 5.50. The summed E-state index contributed by atoms with van der Waals surface area (Å²) < 4.78 is 6.88. The van der Waals surface area contributed by atoms with Crippen LogP contribution in [0, 0.1) is 11.3 Å². The van der Waals surface area contributed by atoms with E-state index in [1.54, 1.807) is 7.11 Å². The molecule has 2 aromatic rings. The van der Waals surface area contributed by atoms with Crippen LogP contribution in [0.2, 0.25) is 0 Å². The fourth-order valence-electron chi connectivity index (χ4n) is 2.52. The molecule has 0 aromatic carbocycles. The number of nitrogens with zero attached hydrogens (tertiary/aromatic N) is 3. The summed E-state index contributed by atoms with van der Waals surface area (Å²) in [5.74, 6) is -0.0223. The predicted octanol–water partition coefficient (Wildman–Crippen LogP) is 1.40. The first-order chi connectivity index (χ1) is 11.2.